The molecule has 20 heteroatoms. The number of phosphoric acid groups is 3. The zero-order valence-corrected chi connectivity index (χ0v) is 19.4. The van der Waals surface area contributed by atoms with Gasteiger partial charge in [-0.3, -0.25) is 20.0 Å². The third kappa shape index (κ3) is 5.79. The molecule has 0 spiro atoms. The van der Waals surface area contributed by atoms with Gasteiger partial charge in [-0.2, -0.15) is 13.6 Å². The molecule has 0 aromatic carbocycles. The van der Waals surface area contributed by atoms with E-state index in [9.17, 15) is 33.1 Å². The Labute approximate surface area is 189 Å². The van der Waals surface area contributed by atoms with Crippen LogP contribution in [0.25, 0.3) is 10.8 Å². The maximum Gasteiger partial charge on any atom is 0.490 e. The minimum atomic E-state index is -5.62. The lowest BCUT2D eigenvalue weighted by Crippen LogP contribution is -2.27. The van der Waals surface area contributed by atoms with E-state index < -0.39 is 54.0 Å². The zero-order chi connectivity index (χ0) is 24.9. The highest BCUT2D eigenvalue weighted by Gasteiger charge is 2.41. The minimum absolute atomic E-state index is 0.0738. The van der Waals surface area contributed by atoms with Gasteiger partial charge in [-0.1, -0.05) is 0 Å². The van der Waals surface area contributed by atoms with Gasteiger partial charge in [0.15, 0.2) is 0 Å². The number of nitrogens with one attached hydrogen (secondary N) is 2. The summed E-state index contributed by atoms with van der Waals surface area (Å²) in [4.78, 5) is 63.4. The van der Waals surface area contributed by atoms with Crippen LogP contribution in [0.3, 0.4) is 0 Å². The molecule has 0 radical (unpaired) electrons. The maximum atomic E-state index is 12.0. The van der Waals surface area contributed by atoms with Gasteiger partial charge in [0, 0.05) is 17.6 Å². The van der Waals surface area contributed by atoms with Crippen LogP contribution in [-0.4, -0.2) is 47.9 Å². The van der Waals surface area contributed by atoms with Gasteiger partial charge in [0.05, 0.1) is 18.1 Å². The van der Waals surface area contributed by atoms with Crippen molar-refractivity contribution in [3.8, 4) is 0 Å². The first kappa shape index (κ1) is 25.1. The smallest absolute Gasteiger partial charge is 0.352 e. The van der Waals surface area contributed by atoms with Crippen molar-refractivity contribution in [3.63, 3.8) is 0 Å². The van der Waals surface area contributed by atoms with Gasteiger partial charge >= 0.3 is 29.5 Å². The van der Waals surface area contributed by atoms with Crippen molar-refractivity contribution in [1.29, 1.82) is 0 Å². The Hall–Kier alpha value is -2.00. The fourth-order valence-electron chi connectivity index (χ4n) is 3.47. The average Bonchev–Trinajstić information content (AvgIpc) is 3.22. The van der Waals surface area contributed by atoms with Crippen molar-refractivity contribution in [1.82, 2.24) is 9.55 Å². The Bertz CT molecular complexity index is 1360. The lowest BCUT2D eigenvalue weighted by Gasteiger charge is -2.21. The van der Waals surface area contributed by atoms with E-state index in [1.807, 2.05) is 0 Å². The van der Waals surface area contributed by atoms with Gasteiger partial charge in [0.2, 0.25) is 0 Å². The van der Waals surface area contributed by atoms with E-state index in [1.165, 1.54) is 12.1 Å². The summed E-state index contributed by atoms with van der Waals surface area (Å²) in [7, 11) is -16.4. The number of rotatable bonds is 8. The summed E-state index contributed by atoms with van der Waals surface area (Å²) < 4.78 is 53.2. The first-order chi connectivity index (χ1) is 15.7. The molecule has 4 atom stereocenters. The van der Waals surface area contributed by atoms with E-state index in [-0.39, 0.29) is 5.82 Å². The molecular weight excluding hydrogens is 525 g/mol. The average molecular weight is 542 g/mol. The van der Waals surface area contributed by atoms with Gasteiger partial charge < -0.3 is 28.9 Å². The van der Waals surface area contributed by atoms with Crippen molar-refractivity contribution in [2.75, 3.05) is 17.2 Å². The Kier molecular flexibility index (Phi) is 6.57. The SMILES string of the molecule is O=C1Nc2nc(=O)ccc3cn([C@H]4CC[C@@H](COP(=O)(O)OP(=O)(O)OP(=O)(O)O)O4)c(c23)N1. The van der Waals surface area contributed by atoms with Gasteiger partial charge in [-0.15, -0.1) is 0 Å². The predicted octanol–water partition coefficient (Wildman–Crippen LogP) is 1.37. The standard InChI is InChI=1S/C14H17N4O13P3/c19-9-3-1-7-5-18(13-11(7)12(15-9)16-14(20)17-13)10-4-2-8(29-10)6-28-33(24,25)31-34(26,27)30-32(21,22)23/h1,3,5,8,10H,2,4,6H2,(H,24,25)(H,26,27)(H2,21,22,23)(H2,15,16,17,19,20)/t8-,10+/m0/s1. The minimum Gasteiger partial charge on any atom is -0.352 e. The second kappa shape index (κ2) is 8.90. The molecule has 6 N–H and O–H groups in total. The van der Waals surface area contributed by atoms with E-state index in [2.05, 4.69) is 28.8 Å². The first-order valence-electron chi connectivity index (χ1n) is 9.29. The fraction of sp³-hybridized carbons (Fsp3) is 0.357. The molecule has 0 saturated carbocycles. The molecule has 4 heterocycles. The van der Waals surface area contributed by atoms with Crippen LogP contribution in [0.15, 0.2) is 23.1 Å². The molecule has 2 aliphatic heterocycles. The molecule has 0 bridgehead atoms. The zero-order valence-electron chi connectivity index (χ0n) is 16.7. The number of carbonyl (C=O) groups excluding carboxylic acids is 1. The van der Waals surface area contributed by atoms with Crippen LogP contribution in [0, 0.1) is 0 Å². The van der Waals surface area contributed by atoms with Crippen LogP contribution in [-0.2, 0) is 31.6 Å². The molecule has 2 aromatic rings. The molecule has 2 aliphatic rings. The topological polar surface area (TPSA) is 245 Å². The van der Waals surface area contributed by atoms with Crippen LogP contribution < -0.4 is 16.2 Å². The number of aromatic nitrogens is 2. The number of phosphoric ester groups is 1. The fourth-order valence-corrected chi connectivity index (χ4v) is 6.52. The number of ether oxygens (including phenoxy) is 1. The van der Waals surface area contributed by atoms with Crippen molar-refractivity contribution < 1.29 is 55.9 Å². The Balaban J connectivity index is 1.46. The molecule has 2 unspecified atom stereocenters. The Morgan fingerprint density at radius 2 is 1.79 bits per heavy atom. The third-order valence-electron chi connectivity index (χ3n) is 4.62. The largest absolute Gasteiger partial charge is 0.490 e. The summed E-state index contributed by atoms with van der Waals surface area (Å²) >= 11 is 0. The van der Waals surface area contributed by atoms with Crippen LogP contribution in [0.5, 0.6) is 0 Å². The van der Waals surface area contributed by atoms with Crippen molar-refractivity contribution in [2.45, 2.75) is 25.2 Å². The molecule has 17 nitrogen and oxygen atoms in total. The van der Waals surface area contributed by atoms with Gasteiger partial charge in [0.25, 0.3) is 5.56 Å². The summed E-state index contributed by atoms with van der Waals surface area (Å²) in [5.74, 6) is 0.389. The molecule has 2 aromatic heterocycles. The van der Waals surface area contributed by atoms with Crippen molar-refractivity contribution >= 4 is 51.9 Å². The van der Waals surface area contributed by atoms with Gasteiger partial charge in [-0.05, 0) is 18.9 Å². The first-order valence-corrected chi connectivity index (χ1v) is 13.8. The summed E-state index contributed by atoms with van der Waals surface area (Å²) in [5.41, 5.74) is -0.547. The van der Waals surface area contributed by atoms with E-state index in [4.69, 9.17) is 14.5 Å². The normalized spacial score (nSPS) is 23.7. The highest BCUT2D eigenvalue weighted by Crippen LogP contribution is 2.66. The number of nitrogens with zero attached hydrogens (tertiary/aromatic N) is 2. The Morgan fingerprint density at radius 1 is 1.06 bits per heavy atom. The molecular formula is C14H17N4O13P3. The lowest BCUT2D eigenvalue weighted by atomic mass is 10.2. The summed E-state index contributed by atoms with van der Waals surface area (Å²) in [5, 5.41) is 6.12. The van der Waals surface area contributed by atoms with Crippen LogP contribution in [0.2, 0.25) is 0 Å². The second-order valence-electron chi connectivity index (χ2n) is 7.10. The monoisotopic (exact) mass is 542 g/mol. The number of carbonyl (C=O) groups is 1. The summed E-state index contributed by atoms with van der Waals surface area (Å²) in [6.07, 6.45) is 0.818. The number of urea groups is 1. The molecule has 186 valence electrons. The summed E-state index contributed by atoms with van der Waals surface area (Å²) in [6.45, 7) is -0.592. The van der Waals surface area contributed by atoms with E-state index in [0.717, 1.165) is 0 Å². The van der Waals surface area contributed by atoms with E-state index in [0.29, 0.717) is 29.4 Å². The van der Waals surface area contributed by atoms with Crippen LogP contribution in [0.1, 0.15) is 19.1 Å². The second-order valence-corrected chi connectivity index (χ2v) is 11.5. The molecule has 1 fully saturated rings. The lowest BCUT2D eigenvalue weighted by molar-refractivity contribution is -0.0208. The molecule has 2 amide bonds. The van der Waals surface area contributed by atoms with Gasteiger partial charge in [-0.25, -0.2) is 18.5 Å². The van der Waals surface area contributed by atoms with Crippen molar-refractivity contribution in [2.24, 2.45) is 0 Å². The quantitative estimate of drug-likeness (QED) is 0.258. The van der Waals surface area contributed by atoms with E-state index >= 15 is 0 Å². The molecule has 1 saturated heterocycles. The molecule has 0 aliphatic carbocycles. The van der Waals surface area contributed by atoms with Crippen LogP contribution >= 0.6 is 23.5 Å². The highest BCUT2D eigenvalue weighted by molar-refractivity contribution is 7.66. The number of anilines is 2. The predicted molar refractivity (Wildman–Crippen MR) is 112 cm³/mol. The summed E-state index contributed by atoms with van der Waals surface area (Å²) in [6, 6.07) is 2.14. The number of amides is 2. The van der Waals surface area contributed by atoms with Crippen LogP contribution in [0.4, 0.5) is 16.4 Å². The van der Waals surface area contributed by atoms with E-state index in [1.54, 1.807) is 10.8 Å². The van der Waals surface area contributed by atoms with Crippen molar-refractivity contribution in [3.05, 3.63) is 28.7 Å². The van der Waals surface area contributed by atoms with Gasteiger partial charge in [0.1, 0.15) is 17.9 Å². The number of hydrogen-bond acceptors (Lipinski definition) is 10. The highest BCUT2D eigenvalue weighted by atomic mass is 31.3. The number of hydrogen-bond donors (Lipinski definition) is 6. The third-order valence-corrected chi connectivity index (χ3v) is 8.43. The Morgan fingerprint density at radius 3 is 2.50 bits per heavy atom. The molecule has 4 rings (SSSR count). The maximum absolute atomic E-state index is 12.0. The molecule has 34 heavy (non-hydrogen) atoms.